The van der Waals surface area contributed by atoms with Crippen LogP contribution < -0.4 is 10.1 Å². The molecule has 1 heterocycles. The van der Waals surface area contributed by atoms with E-state index in [1.807, 2.05) is 30.3 Å². The zero-order valence-electron chi connectivity index (χ0n) is 19.2. The molecule has 0 unspecified atom stereocenters. The van der Waals surface area contributed by atoms with Gasteiger partial charge in [0.15, 0.2) is 0 Å². The lowest BCUT2D eigenvalue weighted by Crippen LogP contribution is -2.06. The molecule has 6 heteroatoms. The quantitative estimate of drug-likeness (QED) is 0.245. The fraction of sp³-hybridized carbons (Fsp3) is 0.259. The number of amides is 1. The van der Waals surface area contributed by atoms with Crippen LogP contribution in [0.25, 0.3) is 21.8 Å². The summed E-state index contributed by atoms with van der Waals surface area (Å²) in [5.41, 5.74) is 5.40. The number of hydrogen-bond donors (Lipinski definition) is 1. The van der Waals surface area contributed by atoms with Crippen molar-refractivity contribution in [3.05, 3.63) is 71.8 Å². The van der Waals surface area contributed by atoms with Crippen molar-refractivity contribution in [1.29, 1.82) is 0 Å². The molecule has 3 aromatic carbocycles. The van der Waals surface area contributed by atoms with Crippen LogP contribution in [0.5, 0.6) is 5.75 Å². The number of esters is 1. The highest BCUT2D eigenvalue weighted by Gasteiger charge is 2.16. The summed E-state index contributed by atoms with van der Waals surface area (Å²) in [4.78, 5) is 23.0. The number of rotatable bonds is 8. The van der Waals surface area contributed by atoms with Gasteiger partial charge in [0.05, 0.1) is 11.0 Å². The fourth-order valence-electron chi connectivity index (χ4n) is 4.21. The number of carbonyl (C=O) groups is 2. The molecule has 170 valence electrons. The van der Waals surface area contributed by atoms with Crippen molar-refractivity contribution < 1.29 is 14.3 Å². The van der Waals surface area contributed by atoms with Gasteiger partial charge in [-0.2, -0.15) is 0 Å². The van der Waals surface area contributed by atoms with Gasteiger partial charge < -0.3 is 10.1 Å². The van der Waals surface area contributed by atoms with Crippen molar-refractivity contribution in [2.24, 2.45) is 0 Å². The maximum atomic E-state index is 11.6. The second-order valence-corrected chi connectivity index (χ2v) is 9.13. The zero-order valence-corrected chi connectivity index (χ0v) is 20.0. The van der Waals surface area contributed by atoms with Crippen molar-refractivity contribution in [3.63, 3.8) is 0 Å². The maximum Gasteiger partial charge on any atom is 0.308 e. The number of benzene rings is 3. The SMILES string of the molecule is CCCc1cc(OC(C)=O)cc2c1c1ccccc1n2SCCc1cccc(NC(C)=O)c1. The van der Waals surface area contributed by atoms with Crippen molar-refractivity contribution in [2.45, 2.75) is 40.0 Å². The van der Waals surface area contributed by atoms with Crippen LogP contribution in [0.3, 0.4) is 0 Å². The number of anilines is 1. The van der Waals surface area contributed by atoms with E-state index in [9.17, 15) is 9.59 Å². The molecule has 0 saturated heterocycles. The standard InChI is InChI=1S/C27H28N2O3S/c1-4-8-21-16-23(32-19(3)31)17-26-27(21)24-11-5-6-12-25(24)29(26)33-14-13-20-9-7-10-22(15-20)28-18(2)30/h5-7,9-12,15-17H,4,8,13-14H2,1-3H3,(H,28,30). The molecule has 0 aliphatic heterocycles. The van der Waals surface area contributed by atoms with E-state index in [0.29, 0.717) is 5.75 Å². The third-order valence-electron chi connectivity index (χ3n) is 5.42. The molecule has 33 heavy (non-hydrogen) atoms. The van der Waals surface area contributed by atoms with Crippen LogP contribution in [0.4, 0.5) is 5.69 Å². The van der Waals surface area contributed by atoms with Gasteiger partial charge in [0.2, 0.25) is 5.91 Å². The van der Waals surface area contributed by atoms with Crippen molar-refractivity contribution in [1.82, 2.24) is 3.97 Å². The van der Waals surface area contributed by atoms with E-state index in [2.05, 4.69) is 46.5 Å². The molecular weight excluding hydrogens is 432 g/mol. The summed E-state index contributed by atoms with van der Waals surface area (Å²) in [6.45, 7) is 5.11. The summed E-state index contributed by atoms with van der Waals surface area (Å²) in [6.07, 6.45) is 2.79. The van der Waals surface area contributed by atoms with E-state index in [-0.39, 0.29) is 11.9 Å². The molecule has 0 atom stereocenters. The molecule has 0 radical (unpaired) electrons. The zero-order chi connectivity index (χ0) is 23.4. The maximum absolute atomic E-state index is 11.6. The molecule has 4 rings (SSSR count). The Balaban J connectivity index is 1.69. The molecule has 1 amide bonds. The number of nitrogens with zero attached hydrogens (tertiary/aromatic N) is 1. The summed E-state index contributed by atoms with van der Waals surface area (Å²) in [5, 5.41) is 5.28. The number of nitrogens with one attached hydrogen (secondary N) is 1. The Kier molecular flexibility index (Phi) is 7.04. The predicted molar refractivity (Wildman–Crippen MR) is 137 cm³/mol. The molecule has 0 aliphatic rings. The Morgan fingerprint density at radius 1 is 0.970 bits per heavy atom. The van der Waals surface area contributed by atoms with Gasteiger partial charge in [-0.15, -0.1) is 0 Å². The number of para-hydroxylation sites is 1. The fourth-order valence-corrected chi connectivity index (χ4v) is 5.30. The average molecular weight is 461 g/mol. The van der Waals surface area contributed by atoms with Crippen LogP contribution in [0.1, 0.15) is 38.3 Å². The van der Waals surface area contributed by atoms with Gasteiger partial charge in [-0.05, 0) is 60.2 Å². The molecule has 0 bridgehead atoms. The Labute approximate surface area is 198 Å². The normalized spacial score (nSPS) is 11.1. The Bertz CT molecular complexity index is 1330. The molecular formula is C27H28N2O3S. The highest BCUT2D eigenvalue weighted by atomic mass is 32.2. The smallest absolute Gasteiger partial charge is 0.308 e. The molecule has 0 aliphatic carbocycles. The summed E-state index contributed by atoms with van der Waals surface area (Å²) in [5.74, 6) is 1.06. The van der Waals surface area contributed by atoms with E-state index in [1.54, 1.807) is 11.9 Å². The Hall–Kier alpha value is -3.25. The average Bonchev–Trinajstić information content (AvgIpc) is 3.07. The number of fused-ring (bicyclic) bond motifs is 3. The van der Waals surface area contributed by atoms with Crippen LogP contribution >= 0.6 is 11.9 Å². The number of ether oxygens (including phenoxy) is 1. The number of carbonyl (C=O) groups excluding carboxylic acids is 2. The molecule has 5 nitrogen and oxygen atoms in total. The summed E-state index contributed by atoms with van der Waals surface area (Å²) in [6, 6.07) is 20.4. The van der Waals surface area contributed by atoms with Gasteiger partial charge in [0.1, 0.15) is 5.75 Å². The summed E-state index contributed by atoms with van der Waals surface area (Å²) >= 11 is 1.74. The van der Waals surface area contributed by atoms with Gasteiger partial charge in [-0.25, -0.2) is 0 Å². The van der Waals surface area contributed by atoms with E-state index in [4.69, 9.17) is 4.74 Å². The predicted octanol–water partition coefficient (Wildman–Crippen LogP) is 6.37. The first-order valence-corrected chi connectivity index (χ1v) is 12.1. The van der Waals surface area contributed by atoms with Crippen LogP contribution in [0, 0.1) is 0 Å². The summed E-state index contributed by atoms with van der Waals surface area (Å²) < 4.78 is 7.74. The second-order valence-electron chi connectivity index (χ2n) is 8.10. The van der Waals surface area contributed by atoms with Crippen LogP contribution in [-0.2, 0) is 22.4 Å². The van der Waals surface area contributed by atoms with E-state index >= 15 is 0 Å². The van der Waals surface area contributed by atoms with Crippen LogP contribution in [0.2, 0.25) is 0 Å². The second kappa shape index (κ2) is 10.1. The van der Waals surface area contributed by atoms with E-state index in [0.717, 1.165) is 41.7 Å². The van der Waals surface area contributed by atoms with E-state index < -0.39 is 0 Å². The monoisotopic (exact) mass is 460 g/mol. The Morgan fingerprint density at radius 3 is 2.55 bits per heavy atom. The van der Waals surface area contributed by atoms with E-state index in [1.165, 1.54) is 35.7 Å². The minimum absolute atomic E-state index is 0.0710. The van der Waals surface area contributed by atoms with Gasteiger partial charge in [0, 0.05) is 42.1 Å². The first kappa shape index (κ1) is 22.9. The third kappa shape index (κ3) is 5.22. The largest absolute Gasteiger partial charge is 0.427 e. The van der Waals surface area contributed by atoms with Gasteiger partial charge in [-0.1, -0.05) is 43.7 Å². The first-order valence-electron chi connectivity index (χ1n) is 11.2. The van der Waals surface area contributed by atoms with Crippen LogP contribution in [-0.4, -0.2) is 21.6 Å². The molecule has 0 saturated carbocycles. The lowest BCUT2D eigenvalue weighted by atomic mass is 10.0. The minimum Gasteiger partial charge on any atom is -0.427 e. The van der Waals surface area contributed by atoms with Crippen molar-refractivity contribution >= 4 is 51.3 Å². The first-order chi connectivity index (χ1) is 16.0. The lowest BCUT2D eigenvalue weighted by Gasteiger charge is -2.10. The number of aromatic nitrogens is 1. The van der Waals surface area contributed by atoms with Gasteiger partial charge in [0.25, 0.3) is 0 Å². The minimum atomic E-state index is -0.314. The van der Waals surface area contributed by atoms with Crippen molar-refractivity contribution in [2.75, 3.05) is 11.1 Å². The number of hydrogen-bond acceptors (Lipinski definition) is 4. The third-order valence-corrected chi connectivity index (χ3v) is 6.46. The molecule has 0 fully saturated rings. The summed E-state index contributed by atoms with van der Waals surface area (Å²) in [7, 11) is 0. The van der Waals surface area contributed by atoms with Crippen molar-refractivity contribution in [3.8, 4) is 5.75 Å². The Morgan fingerprint density at radius 2 is 1.79 bits per heavy atom. The highest BCUT2D eigenvalue weighted by molar-refractivity contribution is 7.98. The molecule has 4 aromatic rings. The van der Waals surface area contributed by atoms with Crippen LogP contribution in [0.15, 0.2) is 60.7 Å². The highest BCUT2D eigenvalue weighted by Crippen LogP contribution is 2.38. The molecule has 1 N–H and O–H groups in total. The molecule has 1 aromatic heterocycles. The number of aryl methyl sites for hydroxylation is 2. The molecule has 0 spiro atoms. The topological polar surface area (TPSA) is 60.3 Å². The van der Waals surface area contributed by atoms with Gasteiger partial charge >= 0.3 is 5.97 Å². The lowest BCUT2D eigenvalue weighted by molar-refractivity contribution is -0.131. The van der Waals surface area contributed by atoms with Gasteiger partial charge in [-0.3, -0.25) is 13.6 Å².